The number of carbonyl (C=O) groups is 1. The Labute approximate surface area is 184 Å². The Morgan fingerprint density at radius 1 is 1.00 bits per heavy atom. The molecule has 1 saturated heterocycles. The Bertz CT molecular complexity index is 1100. The Balaban J connectivity index is 1.78. The van der Waals surface area contributed by atoms with Crippen LogP contribution >= 0.6 is 0 Å². The van der Waals surface area contributed by atoms with Crippen LogP contribution in [-0.2, 0) is 33.8 Å². The van der Waals surface area contributed by atoms with E-state index in [1.54, 1.807) is 0 Å². The van der Waals surface area contributed by atoms with Crippen LogP contribution in [0.25, 0.3) is 0 Å². The summed E-state index contributed by atoms with van der Waals surface area (Å²) in [5, 5.41) is 9.19. The van der Waals surface area contributed by atoms with E-state index in [2.05, 4.69) is 0 Å². The van der Waals surface area contributed by atoms with Gasteiger partial charge in [0, 0.05) is 6.54 Å². The van der Waals surface area contributed by atoms with E-state index < -0.39 is 52.1 Å². The summed E-state index contributed by atoms with van der Waals surface area (Å²) >= 11 is 0. The summed E-state index contributed by atoms with van der Waals surface area (Å²) in [7, 11) is -4.11. The van der Waals surface area contributed by atoms with Gasteiger partial charge in [-0.15, -0.1) is 0 Å². The van der Waals surface area contributed by atoms with E-state index >= 15 is 0 Å². The number of halogens is 6. The third kappa shape index (κ3) is 5.58. The molecule has 3 rings (SSSR count). The molecule has 0 aliphatic carbocycles. The lowest BCUT2D eigenvalue weighted by atomic mass is 10.1. The highest BCUT2D eigenvalue weighted by atomic mass is 32.2. The second kappa shape index (κ2) is 8.86. The van der Waals surface area contributed by atoms with Crippen LogP contribution < -0.4 is 4.74 Å². The molecule has 33 heavy (non-hydrogen) atoms. The monoisotopic (exact) mass is 497 g/mol. The fourth-order valence-electron chi connectivity index (χ4n) is 3.39. The van der Waals surface area contributed by atoms with Gasteiger partial charge in [0.05, 0.1) is 16.0 Å². The number of aliphatic carboxylic acids is 1. The minimum Gasteiger partial charge on any atom is -0.489 e. The zero-order valence-corrected chi connectivity index (χ0v) is 17.5. The van der Waals surface area contributed by atoms with E-state index in [4.69, 9.17) is 4.74 Å². The lowest BCUT2D eigenvalue weighted by Gasteiger charge is -2.21. The number of rotatable bonds is 6. The highest BCUT2D eigenvalue weighted by Crippen LogP contribution is 2.36. The van der Waals surface area contributed by atoms with Crippen LogP contribution in [0.1, 0.15) is 29.5 Å². The molecule has 0 spiro atoms. The summed E-state index contributed by atoms with van der Waals surface area (Å²) in [6, 6.07) is 4.49. The van der Waals surface area contributed by atoms with Crippen molar-refractivity contribution in [3.63, 3.8) is 0 Å². The highest BCUT2D eigenvalue weighted by molar-refractivity contribution is 7.89. The fraction of sp³-hybridized carbons (Fsp3) is 0.350. The van der Waals surface area contributed by atoms with Gasteiger partial charge in [-0.2, -0.15) is 30.6 Å². The number of hydrogen-bond donors (Lipinski definition) is 1. The maximum absolute atomic E-state index is 13.0. The molecule has 0 saturated carbocycles. The van der Waals surface area contributed by atoms with Gasteiger partial charge in [-0.1, -0.05) is 0 Å². The maximum atomic E-state index is 13.0. The van der Waals surface area contributed by atoms with Crippen LogP contribution in [0.5, 0.6) is 5.75 Å². The largest absolute Gasteiger partial charge is 0.489 e. The SMILES string of the molecule is O=C(O)[C@H]1CCCN1S(=O)(=O)c1ccc(OCc2cc(C(F)(F)F)cc(C(F)(F)F)c2)cc1. The van der Waals surface area contributed by atoms with Crippen molar-refractivity contribution in [2.75, 3.05) is 6.54 Å². The summed E-state index contributed by atoms with van der Waals surface area (Å²) in [6.45, 7) is -0.596. The summed E-state index contributed by atoms with van der Waals surface area (Å²) in [5.41, 5.74) is -3.33. The molecule has 13 heteroatoms. The Hall–Kier alpha value is -2.80. The van der Waals surface area contributed by atoms with E-state index in [-0.39, 0.29) is 35.2 Å². The lowest BCUT2D eigenvalue weighted by Crippen LogP contribution is -2.40. The molecular weight excluding hydrogens is 480 g/mol. The molecule has 0 amide bonds. The van der Waals surface area contributed by atoms with Crippen molar-refractivity contribution in [3.05, 3.63) is 59.2 Å². The Morgan fingerprint density at radius 2 is 1.55 bits per heavy atom. The molecule has 0 bridgehead atoms. The number of benzene rings is 2. The molecule has 0 radical (unpaired) electrons. The van der Waals surface area contributed by atoms with Crippen LogP contribution in [0.15, 0.2) is 47.4 Å². The molecule has 1 fully saturated rings. The molecule has 180 valence electrons. The van der Waals surface area contributed by atoms with E-state index in [1.165, 1.54) is 12.1 Å². The van der Waals surface area contributed by atoms with E-state index in [1.807, 2.05) is 0 Å². The molecule has 0 unspecified atom stereocenters. The predicted molar refractivity (Wildman–Crippen MR) is 102 cm³/mol. The smallest absolute Gasteiger partial charge is 0.416 e. The average Bonchev–Trinajstić information content (AvgIpc) is 3.22. The average molecular weight is 497 g/mol. The molecule has 1 atom stereocenters. The van der Waals surface area contributed by atoms with Crippen LogP contribution in [0.4, 0.5) is 26.3 Å². The highest BCUT2D eigenvalue weighted by Gasteiger charge is 2.39. The molecule has 0 aromatic heterocycles. The van der Waals surface area contributed by atoms with Gasteiger partial charge in [-0.25, -0.2) is 8.42 Å². The standard InChI is InChI=1S/C20H17F6NO5S/c21-19(22,23)13-8-12(9-14(10-13)20(24,25)26)11-32-15-3-5-16(6-4-15)33(30,31)27-7-1-2-17(27)18(28)29/h3-6,8-10,17H,1-2,7,11H2,(H,28,29)/t17-/m1/s1. The minimum absolute atomic E-state index is 0.00359. The van der Waals surface area contributed by atoms with Gasteiger partial charge in [0.25, 0.3) is 0 Å². The molecule has 1 heterocycles. The Morgan fingerprint density at radius 3 is 2.03 bits per heavy atom. The first-order chi connectivity index (χ1) is 15.2. The van der Waals surface area contributed by atoms with Gasteiger partial charge in [0.15, 0.2) is 0 Å². The second-order valence-corrected chi connectivity index (χ2v) is 9.18. The zero-order chi connectivity index (χ0) is 24.6. The lowest BCUT2D eigenvalue weighted by molar-refractivity contribution is -0.143. The van der Waals surface area contributed by atoms with E-state index in [9.17, 15) is 44.7 Å². The van der Waals surface area contributed by atoms with Gasteiger partial charge < -0.3 is 9.84 Å². The van der Waals surface area contributed by atoms with Crippen molar-refractivity contribution in [2.24, 2.45) is 0 Å². The summed E-state index contributed by atoms with van der Waals surface area (Å²) in [6.07, 6.45) is -9.42. The number of carboxylic acids is 1. The van der Waals surface area contributed by atoms with Crippen LogP contribution in [0.2, 0.25) is 0 Å². The first-order valence-corrected chi connectivity index (χ1v) is 10.9. The fourth-order valence-corrected chi connectivity index (χ4v) is 5.04. The van der Waals surface area contributed by atoms with Crippen molar-refractivity contribution in [3.8, 4) is 5.75 Å². The topological polar surface area (TPSA) is 83.9 Å². The molecule has 1 N–H and O–H groups in total. The summed E-state index contributed by atoms with van der Waals surface area (Å²) in [4.78, 5) is 11.0. The van der Waals surface area contributed by atoms with Crippen molar-refractivity contribution in [1.82, 2.24) is 4.31 Å². The van der Waals surface area contributed by atoms with Crippen LogP contribution in [0.3, 0.4) is 0 Å². The van der Waals surface area contributed by atoms with Crippen molar-refractivity contribution in [2.45, 2.75) is 42.7 Å². The van der Waals surface area contributed by atoms with Gasteiger partial charge in [-0.3, -0.25) is 4.79 Å². The first-order valence-electron chi connectivity index (χ1n) is 9.45. The van der Waals surface area contributed by atoms with Gasteiger partial charge in [0.1, 0.15) is 18.4 Å². The van der Waals surface area contributed by atoms with Crippen molar-refractivity contribution >= 4 is 16.0 Å². The quantitative estimate of drug-likeness (QED) is 0.593. The van der Waals surface area contributed by atoms with Crippen LogP contribution in [-0.4, -0.2) is 36.4 Å². The number of carboxylic acid groups (broad SMARTS) is 1. The summed E-state index contributed by atoms with van der Waals surface area (Å²) < 4.78 is 109. The van der Waals surface area contributed by atoms with Gasteiger partial charge in [-0.05, 0) is 60.9 Å². The van der Waals surface area contributed by atoms with Crippen LogP contribution in [0, 0.1) is 0 Å². The number of nitrogens with zero attached hydrogens (tertiary/aromatic N) is 1. The molecule has 2 aromatic carbocycles. The Kier molecular flexibility index (Phi) is 6.67. The van der Waals surface area contributed by atoms with E-state index in [0.29, 0.717) is 18.6 Å². The van der Waals surface area contributed by atoms with Gasteiger partial charge in [0.2, 0.25) is 10.0 Å². The van der Waals surface area contributed by atoms with E-state index in [0.717, 1.165) is 16.4 Å². The predicted octanol–water partition coefficient (Wildman–Crippen LogP) is 4.54. The summed E-state index contributed by atoms with van der Waals surface area (Å²) in [5.74, 6) is -1.27. The third-order valence-corrected chi connectivity index (χ3v) is 6.89. The van der Waals surface area contributed by atoms with Gasteiger partial charge >= 0.3 is 18.3 Å². The first kappa shape index (κ1) is 24.8. The van der Waals surface area contributed by atoms with Crippen molar-refractivity contribution in [1.29, 1.82) is 0 Å². The maximum Gasteiger partial charge on any atom is 0.416 e. The third-order valence-electron chi connectivity index (χ3n) is 4.97. The second-order valence-electron chi connectivity index (χ2n) is 7.29. The molecule has 2 aromatic rings. The molecule has 1 aliphatic rings. The number of alkyl halides is 6. The minimum atomic E-state index is -4.99. The number of hydrogen-bond acceptors (Lipinski definition) is 4. The molecule has 6 nitrogen and oxygen atoms in total. The zero-order valence-electron chi connectivity index (χ0n) is 16.7. The number of ether oxygens (including phenoxy) is 1. The van der Waals surface area contributed by atoms with Crippen molar-refractivity contribution < 1.29 is 49.4 Å². The number of sulfonamides is 1. The normalized spacial score (nSPS) is 17.8. The molecule has 1 aliphatic heterocycles. The molecular formula is C20H17F6NO5S.